The highest BCUT2D eigenvalue weighted by molar-refractivity contribution is 6.00. The number of nitrogen functional groups attached to an aromatic ring is 1. The average Bonchev–Trinajstić information content (AvgIpc) is 3.26. The van der Waals surface area contributed by atoms with E-state index in [1.54, 1.807) is 24.3 Å². The van der Waals surface area contributed by atoms with Crippen LogP contribution in [-0.2, 0) is 6.54 Å². The molecule has 0 saturated carbocycles. The van der Waals surface area contributed by atoms with Crippen LogP contribution in [0.2, 0.25) is 0 Å². The maximum Gasteiger partial charge on any atom is 0.268 e. The standard InChI is InChI=1S/C29H27N5O2/c30-28(31)21-9-3-6-19(16-21)18-34-25-12-5-13-27(35)23(25)17-26(34)29(36)33-15-14-32-24-11-4-8-20-7-1-2-10-22(20)24/h1-13,16-17,32,35H,14-15,18H2,(H3,30,31)(H,33,36). The third kappa shape index (κ3) is 4.59. The molecule has 0 aliphatic heterocycles. The van der Waals surface area contributed by atoms with Crippen LogP contribution in [0.4, 0.5) is 5.69 Å². The van der Waals surface area contributed by atoms with Crippen LogP contribution in [0.15, 0.2) is 91.0 Å². The van der Waals surface area contributed by atoms with Gasteiger partial charge in [0.25, 0.3) is 5.91 Å². The number of nitrogens with zero attached hydrogens (tertiary/aromatic N) is 1. The Bertz CT molecular complexity index is 1580. The molecule has 7 heteroatoms. The van der Waals surface area contributed by atoms with Crippen LogP contribution in [0.1, 0.15) is 21.6 Å². The molecule has 0 fully saturated rings. The topological polar surface area (TPSA) is 116 Å². The highest BCUT2D eigenvalue weighted by atomic mass is 16.3. The van der Waals surface area contributed by atoms with Gasteiger partial charge in [0, 0.05) is 41.7 Å². The molecule has 4 aromatic carbocycles. The van der Waals surface area contributed by atoms with E-state index >= 15 is 0 Å². The third-order valence-corrected chi connectivity index (χ3v) is 6.25. The predicted octanol–water partition coefficient (Wildman–Crippen LogP) is 4.67. The summed E-state index contributed by atoms with van der Waals surface area (Å²) in [7, 11) is 0. The monoisotopic (exact) mass is 477 g/mol. The van der Waals surface area contributed by atoms with Crippen LogP contribution in [0.3, 0.4) is 0 Å². The van der Waals surface area contributed by atoms with Crippen molar-refractivity contribution >= 4 is 39.1 Å². The lowest BCUT2D eigenvalue weighted by molar-refractivity contribution is 0.0947. The smallest absolute Gasteiger partial charge is 0.268 e. The van der Waals surface area contributed by atoms with E-state index in [2.05, 4.69) is 28.8 Å². The number of anilines is 1. The minimum Gasteiger partial charge on any atom is -0.507 e. The summed E-state index contributed by atoms with van der Waals surface area (Å²) in [5.41, 5.74) is 9.40. The molecular weight excluding hydrogens is 450 g/mol. The molecule has 0 unspecified atom stereocenters. The van der Waals surface area contributed by atoms with Gasteiger partial charge < -0.3 is 26.0 Å². The molecule has 0 aliphatic rings. The van der Waals surface area contributed by atoms with E-state index in [4.69, 9.17) is 11.1 Å². The zero-order chi connectivity index (χ0) is 25.1. The number of hydrogen-bond donors (Lipinski definition) is 5. The molecule has 0 bridgehead atoms. The molecule has 6 N–H and O–H groups in total. The fraction of sp³-hybridized carbons (Fsp3) is 0.103. The van der Waals surface area contributed by atoms with Gasteiger partial charge in [-0.1, -0.05) is 60.7 Å². The highest BCUT2D eigenvalue weighted by Gasteiger charge is 2.18. The zero-order valence-electron chi connectivity index (χ0n) is 19.7. The van der Waals surface area contributed by atoms with Crippen LogP contribution < -0.4 is 16.4 Å². The van der Waals surface area contributed by atoms with Gasteiger partial charge in [-0.2, -0.15) is 0 Å². The second-order valence-corrected chi connectivity index (χ2v) is 8.65. The number of carbonyl (C=O) groups is 1. The Morgan fingerprint density at radius 1 is 0.889 bits per heavy atom. The summed E-state index contributed by atoms with van der Waals surface area (Å²) in [5.74, 6) is -0.119. The molecule has 0 radical (unpaired) electrons. The number of amidine groups is 1. The second kappa shape index (κ2) is 9.84. The molecule has 1 heterocycles. The number of phenols is 1. The van der Waals surface area contributed by atoms with Crippen molar-refractivity contribution in [1.82, 2.24) is 9.88 Å². The summed E-state index contributed by atoms with van der Waals surface area (Å²) in [5, 5.41) is 27.4. The first-order valence-corrected chi connectivity index (χ1v) is 11.8. The first kappa shape index (κ1) is 23.0. The molecule has 180 valence electrons. The predicted molar refractivity (Wildman–Crippen MR) is 145 cm³/mol. The molecule has 0 atom stereocenters. The van der Waals surface area contributed by atoms with Crippen LogP contribution in [0.25, 0.3) is 21.7 Å². The lowest BCUT2D eigenvalue weighted by Gasteiger charge is -2.13. The van der Waals surface area contributed by atoms with Crippen molar-refractivity contribution in [2.24, 2.45) is 5.73 Å². The van der Waals surface area contributed by atoms with E-state index in [0.717, 1.165) is 27.5 Å². The van der Waals surface area contributed by atoms with Crippen LogP contribution >= 0.6 is 0 Å². The Hall–Kier alpha value is -4.78. The number of fused-ring (bicyclic) bond motifs is 2. The van der Waals surface area contributed by atoms with Gasteiger partial charge in [0.15, 0.2) is 0 Å². The number of rotatable bonds is 8. The number of nitrogens with two attached hydrogens (primary N) is 1. The van der Waals surface area contributed by atoms with E-state index in [1.165, 1.54) is 0 Å². The molecule has 5 aromatic rings. The minimum atomic E-state index is -0.229. The Morgan fingerprint density at radius 3 is 2.53 bits per heavy atom. The Balaban J connectivity index is 1.35. The van der Waals surface area contributed by atoms with Gasteiger partial charge in [0.1, 0.15) is 17.3 Å². The van der Waals surface area contributed by atoms with Crippen LogP contribution in [-0.4, -0.2) is 34.5 Å². The zero-order valence-corrected chi connectivity index (χ0v) is 19.7. The number of phenolic OH excluding ortho intramolecular Hbond substituents is 1. The van der Waals surface area contributed by atoms with Gasteiger partial charge in [-0.25, -0.2) is 0 Å². The highest BCUT2D eigenvalue weighted by Crippen LogP contribution is 2.29. The third-order valence-electron chi connectivity index (χ3n) is 6.25. The number of aromatic nitrogens is 1. The van der Waals surface area contributed by atoms with Crippen molar-refractivity contribution in [3.05, 3.63) is 108 Å². The summed E-state index contributed by atoms with van der Waals surface area (Å²) < 4.78 is 1.88. The number of nitrogens with one attached hydrogen (secondary N) is 3. The first-order valence-electron chi connectivity index (χ1n) is 11.8. The molecule has 0 aliphatic carbocycles. The van der Waals surface area contributed by atoms with Gasteiger partial charge in [-0.05, 0) is 41.3 Å². The number of aromatic hydroxyl groups is 1. The Kier molecular flexibility index (Phi) is 6.28. The van der Waals surface area contributed by atoms with Crippen molar-refractivity contribution in [3.63, 3.8) is 0 Å². The van der Waals surface area contributed by atoms with Gasteiger partial charge in [0.05, 0.1) is 5.52 Å². The van der Waals surface area contributed by atoms with Crippen molar-refractivity contribution < 1.29 is 9.90 Å². The SMILES string of the molecule is N=C(N)c1cccc(Cn2c(C(=O)NCCNc3cccc4ccccc34)cc3c(O)cccc32)c1. The molecule has 7 nitrogen and oxygen atoms in total. The maximum absolute atomic E-state index is 13.2. The molecular formula is C29H27N5O2. The summed E-state index contributed by atoms with van der Waals surface area (Å²) >= 11 is 0. The lowest BCUT2D eigenvalue weighted by atomic mass is 10.1. The quantitative estimate of drug-likeness (QED) is 0.127. The fourth-order valence-electron chi connectivity index (χ4n) is 4.49. The molecule has 0 spiro atoms. The average molecular weight is 478 g/mol. The molecule has 36 heavy (non-hydrogen) atoms. The summed E-state index contributed by atoms with van der Waals surface area (Å²) in [4.78, 5) is 13.2. The van der Waals surface area contributed by atoms with Gasteiger partial charge in [-0.15, -0.1) is 0 Å². The van der Waals surface area contributed by atoms with Crippen molar-refractivity contribution in [2.75, 3.05) is 18.4 Å². The van der Waals surface area contributed by atoms with E-state index < -0.39 is 0 Å². The summed E-state index contributed by atoms with van der Waals surface area (Å²) in [6, 6.07) is 28.6. The van der Waals surface area contributed by atoms with E-state index in [1.807, 2.05) is 53.1 Å². The number of carbonyl (C=O) groups excluding carboxylic acids is 1. The first-order chi connectivity index (χ1) is 17.5. The number of benzene rings is 4. The normalized spacial score (nSPS) is 11.0. The minimum absolute atomic E-state index is 0.0106. The second-order valence-electron chi connectivity index (χ2n) is 8.65. The number of amides is 1. The van der Waals surface area contributed by atoms with Gasteiger partial charge in [0.2, 0.25) is 0 Å². The largest absolute Gasteiger partial charge is 0.507 e. The molecule has 1 amide bonds. The lowest BCUT2D eigenvalue weighted by Crippen LogP contribution is -2.30. The molecule has 1 aromatic heterocycles. The molecule has 0 saturated heterocycles. The Morgan fingerprint density at radius 2 is 1.67 bits per heavy atom. The van der Waals surface area contributed by atoms with Crippen LogP contribution in [0.5, 0.6) is 5.75 Å². The molecule has 5 rings (SSSR count). The van der Waals surface area contributed by atoms with Gasteiger partial charge in [-0.3, -0.25) is 10.2 Å². The van der Waals surface area contributed by atoms with Crippen molar-refractivity contribution in [1.29, 1.82) is 5.41 Å². The van der Waals surface area contributed by atoms with E-state index in [9.17, 15) is 9.90 Å². The summed E-state index contributed by atoms with van der Waals surface area (Å²) in [6.07, 6.45) is 0. The van der Waals surface area contributed by atoms with Gasteiger partial charge >= 0.3 is 0 Å². The van der Waals surface area contributed by atoms with E-state index in [0.29, 0.717) is 36.3 Å². The fourth-order valence-corrected chi connectivity index (χ4v) is 4.49. The van der Waals surface area contributed by atoms with Crippen molar-refractivity contribution in [3.8, 4) is 5.75 Å². The Labute approximate surface area is 208 Å². The van der Waals surface area contributed by atoms with Crippen LogP contribution in [0, 0.1) is 5.41 Å². The van der Waals surface area contributed by atoms with E-state index in [-0.39, 0.29) is 17.5 Å². The number of hydrogen-bond acceptors (Lipinski definition) is 4. The maximum atomic E-state index is 13.2. The summed E-state index contributed by atoms with van der Waals surface area (Å²) in [6.45, 7) is 1.38. The van der Waals surface area contributed by atoms with Crippen molar-refractivity contribution in [2.45, 2.75) is 6.54 Å².